The Morgan fingerprint density at radius 3 is 2.76 bits per heavy atom. The van der Waals surface area contributed by atoms with Gasteiger partial charge in [0.15, 0.2) is 0 Å². The quantitative estimate of drug-likeness (QED) is 0.741. The van der Waals surface area contributed by atoms with Gasteiger partial charge in [0.1, 0.15) is 0 Å². The van der Waals surface area contributed by atoms with E-state index in [1.807, 2.05) is 0 Å². The van der Waals surface area contributed by atoms with Crippen LogP contribution in [-0.4, -0.2) is 66.3 Å². The molecule has 1 aliphatic carbocycles. The largest absolute Gasteiger partial charge is 0.394 e. The molecule has 17 heavy (non-hydrogen) atoms. The molecule has 0 amide bonds. The Labute approximate surface area is 105 Å². The third-order valence-corrected chi connectivity index (χ3v) is 4.73. The Kier molecular flexibility index (Phi) is 4.08. The van der Waals surface area contributed by atoms with E-state index >= 15 is 0 Å². The standard InChI is InChI=1S/C13H27N3O/c1-15-7-3-4-12(15)9-16(2)11-5-6-13(14,8-11)10-17/h11-12,17H,3-10,14H2,1-2H3. The number of aliphatic hydroxyl groups is 1. The number of nitrogens with zero attached hydrogens (tertiary/aromatic N) is 2. The highest BCUT2D eigenvalue weighted by Gasteiger charge is 2.37. The van der Waals surface area contributed by atoms with Crippen LogP contribution in [0.25, 0.3) is 0 Å². The van der Waals surface area contributed by atoms with Crippen molar-refractivity contribution in [3.05, 3.63) is 0 Å². The predicted octanol–water partition coefficient (Wildman–Crippen LogP) is 0.255. The normalized spacial score (nSPS) is 39.4. The summed E-state index contributed by atoms with van der Waals surface area (Å²) in [6, 6.07) is 1.27. The fourth-order valence-corrected chi connectivity index (χ4v) is 3.34. The lowest BCUT2D eigenvalue weighted by molar-refractivity contribution is 0.158. The lowest BCUT2D eigenvalue weighted by Crippen LogP contribution is -2.45. The average Bonchev–Trinajstić information content (AvgIpc) is 2.87. The number of hydrogen-bond acceptors (Lipinski definition) is 4. The molecule has 1 saturated carbocycles. The minimum absolute atomic E-state index is 0.126. The zero-order valence-corrected chi connectivity index (χ0v) is 11.2. The molecule has 0 radical (unpaired) electrons. The first-order chi connectivity index (χ1) is 8.04. The van der Waals surface area contributed by atoms with E-state index in [0.717, 1.165) is 25.8 Å². The van der Waals surface area contributed by atoms with Gasteiger partial charge in [-0.05, 0) is 52.7 Å². The molecule has 4 nitrogen and oxygen atoms in total. The van der Waals surface area contributed by atoms with E-state index in [4.69, 9.17) is 5.73 Å². The van der Waals surface area contributed by atoms with E-state index in [1.165, 1.54) is 19.4 Å². The molecule has 3 atom stereocenters. The average molecular weight is 241 g/mol. The smallest absolute Gasteiger partial charge is 0.0611 e. The monoisotopic (exact) mass is 241 g/mol. The molecule has 1 aliphatic heterocycles. The third kappa shape index (κ3) is 2.99. The van der Waals surface area contributed by atoms with Crippen LogP contribution in [0.4, 0.5) is 0 Å². The summed E-state index contributed by atoms with van der Waals surface area (Å²) in [6.45, 7) is 2.50. The minimum atomic E-state index is -0.319. The van der Waals surface area contributed by atoms with Crippen LogP contribution in [0.1, 0.15) is 32.1 Å². The van der Waals surface area contributed by atoms with Gasteiger partial charge in [-0.1, -0.05) is 0 Å². The summed E-state index contributed by atoms with van der Waals surface area (Å²) in [5.74, 6) is 0. The fraction of sp³-hybridized carbons (Fsp3) is 1.00. The van der Waals surface area contributed by atoms with Gasteiger partial charge in [-0.25, -0.2) is 0 Å². The highest BCUT2D eigenvalue weighted by Crippen LogP contribution is 2.31. The zero-order valence-electron chi connectivity index (χ0n) is 11.2. The van der Waals surface area contributed by atoms with Crippen molar-refractivity contribution < 1.29 is 5.11 Å². The second-order valence-corrected chi connectivity index (χ2v) is 6.13. The molecule has 0 aromatic heterocycles. The molecule has 2 aliphatic rings. The van der Waals surface area contributed by atoms with Crippen LogP contribution in [0.2, 0.25) is 0 Å². The molecule has 1 saturated heterocycles. The van der Waals surface area contributed by atoms with E-state index in [-0.39, 0.29) is 12.1 Å². The number of rotatable bonds is 4. The maximum Gasteiger partial charge on any atom is 0.0611 e. The topological polar surface area (TPSA) is 52.7 Å². The van der Waals surface area contributed by atoms with Crippen LogP contribution < -0.4 is 5.73 Å². The molecule has 0 bridgehead atoms. The summed E-state index contributed by atoms with van der Waals surface area (Å²) in [6.07, 6.45) is 5.68. The Hall–Kier alpha value is -0.160. The number of aliphatic hydroxyl groups excluding tert-OH is 1. The Bertz CT molecular complexity index is 261. The summed E-state index contributed by atoms with van der Waals surface area (Å²) in [7, 11) is 4.43. The first-order valence-electron chi connectivity index (χ1n) is 6.84. The highest BCUT2D eigenvalue weighted by atomic mass is 16.3. The number of likely N-dealkylation sites (tertiary alicyclic amines) is 1. The van der Waals surface area contributed by atoms with Crippen molar-refractivity contribution in [3.8, 4) is 0 Å². The van der Waals surface area contributed by atoms with E-state index in [2.05, 4.69) is 23.9 Å². The van der Waals surface area contributed by atoms with Crippen molar-refractivity contribution in [2.75, 3.05) is 33.8 Å². The Morgan fingerprint density at radius 1 is 1.47 bits per heavy atom. The van der Waals surface area contributed by atoms with Crippen molar-refractivity contribution in [1.82, 2.24) is 9.80 Å². The summed E-state index contributed by atoms with van der Waals surface area (Å²) in [5.41, 5.74) is 5.82. The molecule has 3 unspecified atom stereocenters. The first kappa shape index (κ1) is 13.3. The van der Waals surface area contributed by atoms with Crippen LogP contribution in [0.15, 0.2) is 0 Å². The van der Waals surface area contributed by atoms with Gasteiger partial charge in [-0.2, -0.15) is 0 Å². The van der Waals surface area contributed by atoms with Crippen LogP contribution in [0.5, 0.6) is 0 Å². The van der Waals surface area contributed by atoms with Crippen molar-refractivity contribution in [1.29, 1.82) is 0 Å². The number of hydrogen-bond donors (Lipinski definition) is 2. The molecule has 0 spiro atoms. The molecule has 100 valence electrons. The molecule has 2 fully saturated rings. The first-order valence-corrected chi connectivity index (χ1v) is 6.84. The van der Waals surface area contributed by atoms with Crippen LogP contribution in [-0.2, 0) is 0 Å². The highest BCUT2D eigenvalue weighted by molar-refractivity contribution is 4.97. The maximum atomic E-state index is 9.30. The van der Waals surface area contributed by atoms with Gasteiger partial charge in [-0.3, -0.25) is 0 Å². The Morgan fingerprint density at radius 2 is 2.24 bits per heavy atom. The zero-order chi connectivity index (χ0) is 12.5. The van der Waals surface area contributed by atoms with E-state index in [1.54, 1.807) is 0 Å². The van der Waals surface area contributed by atoms with E-state index in [0.29, 0.717) is 12.1 Å². The van der Waals surface area contributed by atoms with Crippen molar-refractivity contribution >= 4 is 0 Å². The molecule has 3 N–H and O–H groups in total. The van der Waals surface area contributed by atoms with Gasteiger partial charge in [0.2, 0.25) is 0 Å². The second-order valence-electron chi connectivity index (χ2n) is 6.13. The lowest BCUT2D eigenvalue weighted by atomic mass is 10.0. The Balaban J connectivity index is 1.83. The van der Waals surface area contributed by atoms with Gasteiger partial charge in [-0.15, -0.1) is 0 Å². The SMILES string of the molecule is CN1CCCC1CN(C)C1CCC(N)(CO)C1. The molecule has 0 aromatic carbocycles. The van der Waals surface area contributed by atoms with Gasteiger partial charge in [0.05, 0.1) is 6.61 Å². The summed E-state index contributed by atoms with van der Waals surface area (Å²) in [4.78, 5) is 4.92. The van der Waals surface area contributed by atoms with E-state index in [9.17, 15) is 5.11 Å². The molecule has 0 aromatic rings. The van der Waals surface area contributed by atoms with Crippen molar-refractivity contribution in [3.63, 3.8) is 0 Å². The lowest BCUT2D eigenvalue weighted by Gasteiger charge is -2.31. The van der Waals surface area contributed by atoms with Crippen LogP contribution in [0.3, 0.4) is 0 Å². The predicted molar refractivity (Wildman–Crippen MR) is 69.9 cm³/mol. The van der Waals surface area contributed by atoms with Crippen molar-refractivity contribution in [2.24, 2.45) is 5.73 Å². The second kappa shape index (κ2) is 5.22. The fourth-order valence-electron chi connectivity index (χ4n) is 3.34. The van der Waals surface area contributed by atoms with Gasteiger partial charge >= 0.3 is 0 Å². The van der Waals surface area contributed by atoms with Gasteiger partial charge in [0.25, 0.3) is 0 Å². The minimum Gasteiger partial charge on any atom is -0.394 e. The van der Waals surface area contributed by atoms with Gasteiger partial charge < -0.3 is 20.6 Å². The summed E-state index contributed by atoms with van der Waals surface area (Å²) >= 11 is 0. The molecule has 2 rings (SSSR count). The molecular weight excluding hydrogens is 214 g/mol. The molecular formula is C13H27N3O. The van der Waals surface area contributed by atoms with E-state index < -0.39 is 0 Å². The van der Waals surface area contributed by atoms with Crippen LogP contribution in [0, 0.1) is 0 Å². The molecule has 4 heteroatoms. The summed E-state index contributed by atoms with van der Waals surface area (Å²) in [5, 5.41) is 9.30. The van der Waals surface area contributed by atoms with Gasteiger partial charge in [0, 0.05) is 24.2 Å². The van der Waals surface area contributed by atoms with Crippen molar-refractivity contribution in [2.45, 2.75) is 49.7 Å². The summed E-state index contributed by atoms with van der Waals surface area (Å²) < 4.78 is 0. The van der Waals surface area contributed by atoms with Crippen LogP contribution >= 0.6 is 0 Å². The number of nitrogens with two attached hydrogens (primary N) is 1. The number of likely N-dealkylation sites (N-methyl/N-ethyl adjacent to an activating group) is 2. The maximum absolute atomic E-state index is 9.30. The third-order valence-electron chi connectivity index (χ3n) is 4.73. The molecule has 1 heterocycles.